The molecule has 0 fully saturated rings. The number of pyridine rings is 1. The quantitative estimate of drug-likeness (QED) is 0.829. The smallest absolute Gasteiger partial charge is 0.221 e. The second kappa shape index (κ2) is 5.94. The zero-order chi connectivity index (χ0) is 15.6. The molecule has 0 radical (unpaired) electrons. The first-order valence-electron chi connectivity index (χ1n) is 6.94. The van der Waals surface area contributed by atoms with E-state index in [1.165, 1.54) is 0 Å². The van der Waals surface area contributed by atoms with Gasteiger partial charge in [-0.1, -0.05) is 17.7 Å². The van der Waals surface area contributed by atoms with Crippen LogP contribution in [-0.4, -0.2) is 10.5 Å². The van der Waals surface area contributed by atoms with Gasteiger partial charge in [0.2, 0.25) is 5.88 Å². The minimum Gasteiger partial charge on any atom is -0.439 e. The Balaban J connectivity index is 2.22. The molecular formula is C17H21ClN2O. The van der Waals surface area contributed by atoms with Gasteiger partial charge in [-0.05, 0) is 63.9 Å². The van der Waals surface area contributed by atoms with Crippen molar-refractivity contribution in [2.75, 3.05) is 5.32 Å². The number of hydrogen-bond donors (Lipinski definition) is 1. The Morgan fingerprint density at radius 2 is 1.71 bits per heavy atom. The molecule has 0 atom stereocenters. The Morgan fingerprint density at radius 3 is 2.29 bits per heavy atom. The lowest BCUT2D eigenvalue weighted by atomic mass is 10.1. The summed E-state index contributed by atoms with van der Waals surface area (Å²) < 4.78 is 5.84. The van der Waals surface area contributed by atoms with Crippen molar-refractivity contribution in [2.45, 2.75) is 40.2 Å². The number of anilines is 1. The topological polar surface area (TPSA) is 34.1 Å². The van der Waals surface area contributed by atoms with Crippen LogP contribution < -0.4 is 10.1 Å². The summed E-state index contributed by atoms with van der Waals surface area (Å²) in [5.41, 5.74) is 1.95. The van der Waals surface area contributed by atoms with E-state index in [0.29, 0.717) is 5.88 Å². The third-order valence-electron chi connectivity index (χ3n) is 2.86. The second-order valence-electron chi connectivity index (χ2n) is 6.21. The van der Waals surface area contributed by atoms with Crippen LogP contribution in [0.1, 0.15) is 31.9 Å². The molecule has 0 unspecified atom stereocenters. The predicted octanol–water partition coefficient (Wildman–Crippen LogP) is 5.35. The summed E-state index contributed by atoms with van der Waals surface area (Å²) in [5, 5.41) is 4.10. The van der Waals surface area contributed by atoms with Gasteiger partial charge in [0.05, 0.1) is 0 Å². The normalized spacial score (nSPS) is 11.3. The van der Waals surface area contributed by atoms with E-state index in [2.05, 4.69) is 31.1 Å². The molecule has 0 aliphatic heterocycles. The summed E-state index contributed by atoms with van der Waals surface area (Å²) in [6.45, 7) is 10.2. The molecule has 0 saturated heterocycles. The molecule has 0 saturated carbocycles. The number of aryl methyl sites for hydroxylation is 2. The largest absolute Gasteiger partial charge is 0.439 e. The molecule has 2 aromatic rings. The monoisotopic (exact) mass is 304 g/mol. The van der Waals surface area contributed by atoms with E-state index in [1.54, 1.807) is 0 Å². The minimum atomic E-state index is -0.0426. The molecule has 2 rings (SSSR count). The van der Waals surface area contributed by atoms with Crippen molar-refractivity contribution in [2.24, 2.45) is 0 Å². The van der Waals surface area contributed by atoms with Crippen LogP contribution in [0.25, 0.3) is 0 Å². The molecule has 0 spiro atoms. The van der Waals surface area contributed by atoms with E-state index >= 15 is 0 Å². The van der Waals surface area contributed by atoms with Crippen molar-refractivity contribution in [3.8, 4) is 11.6 Å². The van der Waals surface area contributed by atoms with E-state index in [-0.39, 0.29) is 5.54 Å². The number of aromatic nitrogens is 1. The molecule has 0 aliphatic rings. The van der Waals surface area contributed by atoms with Crippen molar-refractivity contribution in [3.05, 3.63) is 46.5 Å². The maximum absolute atomic E-state index is 6.17. The van der Waals surface area contributed by atoms with Crippen LogP contribution in [-0.2, 0) is 0 Å². The molecule has 0 bridgehead atoms. The van der Waals surface area contributed by atoms with Gasteiger partial charge in [0.25, 0.3) is 0 Å². The highest BCUT2D eigenvalue weighted by Crippen LogP contribution is 2.29. The van der Waals surface area contributed by atoms with Gasteiger partial charge in [-0.2, -0.15) is 4.98 Å². The number of benzene rings is 1. The number of hydrogen-bond acceptors (Lipinski definition) is 3. The van der Waals surface area contributed by atoms with E-state index in [4.69, 9.17) is 16.3 Å². The minimum absolute atomic E-state index is 0.0426. The summed E-state index contributed by atoms with van der Waals surface area (Å²) in [6, 6.07) is 9.53. The standard InChI is InChI=1S/C17H21ClN2O/c1-11-9-13(10-12(2)16(11)18)21-15-8-6-7-14(19-15)20-17(3,4)5/h6-10H,1-5H3,(H,19,20). The molecule has 1 N–H and O–H groups in total. The van der Waals surface area contributed by atoms with Crippen LogP contribution in [0.3, 0.4) is 0 Å². The highest BCUT2D eigenvalue weighted by molar-refractivity contribution is 6.32. The van der Waals surface area contributed by atoms with Gasteiger partial charge in [-0.15, -0.1) is 0 Å². The lowest BCUT2D eigenvalue weighted by Crippen LogP contribution is -2.26. The second-order valence-corrected chi connectivity index (χ2v) is 6.59. The van der Waals surface area contributed by atoms with E-state index in [1.807, 2.05) is 44.2 Å². The average Bonchev–Trinajstić information content (AvgIpc) is 2.34. The van der Waals surface area contributed by atoms with Gasteiger partial charge < -0.3 is 10.1 Å². The maximum Gasteiger partial charge on any atom is 0.221 e. The first-order chi connectivity index (χ1) is 9.74. The Morgan fingerprint density at radius 1 is 1.10 bits per heavy atom. The van der Waals surface area contributed by atoms with Crippen molar-refractivity contribution in [1.29, 1.82) is 0 Å². The van der Waals surface area contributed by atoms with Gasteiger partial charge in [0.1, 0.15) is 11.6 Å². The predicted molar refractivity (Wildman–Crippen MR) is 88.6 cm³/mol. The van der Waals surface area contributed by atoms with Crippen LogP contribution in [0.5, 0.6) is 11.6 Å². The highest BCUT2D eigenvalue weighted by atomic mass is 35.5. The third kappa shape index (κ3) is 4.36. The Labute approximate surface area is 131 Å². The van der Waals surface area contributed by atoms with Gasteiger partial charge in [-0.25, -0.2) is 0 Å². The fourth-order valence-corrected chi connectivity index (χ4v) is 2.12. The Hall–Kier alpha value is -1.74. The summed E-state index contributed by atoms with van der Waals surface area (Å²) in [7, 11) is 0. The van der Waals surface area contributed by atoms with Crippen molar-refractivity contribution in [3.63, 3.8) is 0 Å². The van der Waals surface area contributed by atoms with Crippen molar-refractivity contribution >= 4 is 17.4 Å². The number of halogens is 1. The zero-order valence-electron chi connectivity index (χ0n) is 13.1. The molecule has 112 valence electrons. The summed E-state index contributed by atoms with van der Waals surface area (Å²) in [4.78, 5) is 4.47. The lowest BCUT2D eigenvalue weighted by molar-refractivity contribution is 0.462. The molecular weight excluding hydrogens is 284 g/mol. The summed E-state index contributed by atoms with van der Waals surface area (Å²) >= 11 is 6.17. The average molecular weight is 305 g/mol. The van der Waals surface area contributed by atoms with E-state index in [9.17, 15) is 0 Å². The molecule has 3 nitrogen and oxygen atoms in total. The van der Waals surface area contributed by atoms with Gasteiger partial charge in [0.15, 0.2) is 0 Å². The third-order valence-corrected chi connectivity index (χ3v) is 3.46. The number of nitrogens with one attached hydrogen (secondary N) is 1. The van der Waals surface area contributed by atoms with Crippen LogP contribution >= 0.6 is 11.6 Å². The van der Waals surface area contributed by atoms with Crippen LogP contribution in [0.2, 0.25) is 5.02 Å². The van der Waals surface area contributed by atoms with Crippen molar-refractivity contribution in [1.82, 2.24) is 4.98 Å². The van der Waals surface area contributed by atoms with Gasteiger partial charge >= 0.3 is 0 Å². The molecule has 1 heterocycles. The first-order valence-corrected chi connectivity index (χ1v) is 7.32. The number of rotatable bonds is 3. The maximum atomic E-state index is 6.17. The number of nitrogens with zero attached hydrogens (tertiary/aromatic N) is 1. The molecule has 0 aliphatic carbocycles. The Kier molecular flexibility index (Phi) is 4.43. The highest BCUT2D eigenvalue weighted by Gasteiger charge is 2.11. The molecule has 21 heavy (non-hydrogen) atoms. The molecule has 0 amide bonds. The zero-order valence-corrected chi connectivity index (χ0v) is 13.9. The lowest BCUT2D eigenvalue weighted by Gasteiger charge is -2.21. The van der Waals surface area contributed by atoms with Gasteiger partial charge in [0, 0.05) is 16.6 Å². The van der Waals surface area contributed by atoms with Crippen LogP contribution in [0, 0.1) is 13.8 Å². The fourth-order valence-electron chi connectivity index (χ4n) is 2.01. The fraction of sp³-hybridized carbons (Fsp3) is 0.353. The number of ether oxygens (including phenoxy) is 1. The molecule has 1 aromatic carbocycles. The van der Waals surface area contributed by atoms with Gasteiger partial charge in [-0.3, -0.25) is 0 Å². The molecule has 4 heteroatoms. The van der Waals surface area contributed by atoms with Crippen molar-refractivity contribution < 1.29 is 4.74 Å². The Bertz CT molecular complexity index is 624. The summed E-state index contributed by atoms with van der Waals surface area (Å²) in [6.07, 6.45) is 0. The van der Waals surface area contributed by atoms with E-state index < -0.39 is 0 Å². The first kappa shape index (κ1) is 15.6. The van der Waals surface area contributed by atoms with E-state index in [0.717, 1.165) is 27.7 Å². The molecule has 1 aromatic heterocycles. The van der Waals surface area contributed by atoms with Crippen LogP contribution in [0.4, 0.5) is 5.82 Å². The summed E-state index contributed by atoms with van der Waals surface area (Å²) in [5.74, 6) is 2.10. The SMILES string of the molecule is Cc1cc(Oc2cccc(NC(C)(C)C)n2)cc(C)c1Cl. The van der Waals surface area contributed by atoms with Crippen LogP contribution in [0.15, 0.2) is 30.3 Å².